The van der Waals surface area contributed by atoms with Gasteiger partial charge in [0.1, 0.15) is 0 Å². The molecule has 1 aromatic carbocycles. The summed E-state index contributed by atoms with van der Waals surface area (Å²) in [6.45, 7) is 0.0511. The number of hydrogen-bond donors (Lipinski definition) is 2. The van der Waals surface area contributed by atoms with Gasteiger partial charge in [-0.1, -0.05) is 75.3 Å². The molecule has 0 saturated heterocycles. The van der Waals surface area contributed by atoms with E-state index >= 15 is 0 Å². The first-order chi connectivity index (χ1) is 15.5. The van der Waals surface area contributed by atoms with Crippen LogP contribution in [-0.4, -0.2) is 24.1 Å². The summed E-state index contributed by atoms with van der Waals surface area (Å²) in [6.07, 6.45) is 13.2. The van der Waals surface area contributed by atoms with Crippen molar-refractivity contribution in [3.05, 3.63) is 35.9 Å². The van der Waals surface area contributed by atoms with Crippen LogP contribution >= 0.6 is 0 Å². The topological polar surface area (TPSA) is 89.3 Å². The largest absolute Gasteiger partial charge is 0.369 e. The summed E-state index contributed by atoms with van der Waals surface area (Å²) in [6, 6.07) is 10.1. The number of amides is 2. The van der Waals surface area contributed by atoms with Crippen molar-refractivity contribution in [2.24, 2.45) is 29.4 Å². The summed E-state index contributed by atoms with van der Waals surface area (Å²) < 4.78 is 0. The van der Waals surface area contributed by atoms with Crippen LogP contribution in [0.3, 0.4) is 0 Å². The molecule has 1 aromatic rings. The van der Waals surface area contributed by atoms with E-state index in [2.05, 4.69) is 17.4 Å². The van der Waals surface area contributed by atoms with E-state index in [9.17, 15) is 14.4 Å². The van der Waals surface area contributed by atoms with Crippen LogP contribution in [0.4, 0.5) is 0 Å². The summed E-state index contributed by atoms with van der Waals surface area (Å²) in [5, 5.41) is 2.92. The third kappa shape index (κ3) is 7.75. The number of primary amides is 1. The van der Waals surface area contributed by atoms with Gasteiger partial charge in [0.05, 0.1) is 6.54 Å². The third-order valence-electron chi connectivity index (χ3n) is 7.57. The van der Waals surface area contributed by atoms with Crippen LogP contribution in [-0.2, 0) is 20.8 Å². The maximum absolute atomic E-state index is 13.1. The van der Waals surface area contributed by atoms with Crippen molar-refractivity contribution in [3.63, 3.8) is 0 Å². The van der Waals surface area contributed by atoms with E-state index in [4.69, 9.17) is 5.73 Å². The maximum atomic E-state index is 13.1. The van der Waals surface area contributed by atoms with Crippen LogP contribution in [0.5, 0.6) is 0 Å². The van der Waals surface area contributed by atoms with Crippen LogP contribution in [0, 0.1) is 23.7 Å². The fraction of sp³-hybridized carbons (Fsp3) is 0.667. The molecule has 3 rings (SSSR count). The SMILES string of the molecule is NC(=O)[C@@H]1CCCC[C@H]1CC(=O)CNC(=O)C(CCC1CCCCC1)Cc1ccccc1. The van der Waals surface area contributed by atoms with Gasteiger partial charge in [0.25, 0.3) is 0 Å². The molecule has 32 heavy (non-hydrogen) atoms. The molecule has 0 aliphatic heterocycles. The Morgan fingerprint density at radius 3 is 2.34 bits per heavy atom. The number of rotatable bonds is 11. The zero-order chi connectivity index (χ0) is 22.8. The number of carbonyl (C=O) groups is 3. The highest BCUT2D eigenvalue weighted by atomic mass is 16.2. The van der Waals surface area contributed by atoms with Gasteiger partial charge in [-0.15, -0.1) is 0 Å². The molecular formula is C27H40N2O3. The van der Waals surface area contributed by atoms with E-state index in [0.29, 0.717) is 12.8 Å². The highest BCUT2D eigenvalue weighted by Gasteiger charge is 2.31. The summed E-state index contributed by atoms with van der Waals surface area (Å²) in [5.74, 6) is 0.128. The lowest BCUT2D eigenvalue weighted by molar-refractivity contribution is -0.129. The molecule has 2 fully saturated rings. The monoisotopic (exact) mass is 440 g/mol. The van der Waals surface area contributed by atoms with Crippen LogP contribution in [0.15, 0.2) is 30.3 Å². The maximum Gasteiger partial charge on any atom is 0.223 e. The second-order valence-corrected chi connectivity index (χ2v) is 9.98. The first-order valence-corrected chi connectivity index (χ1v) is 12.7. The standard InChI is InChI=1S/C27H40N2O3/c28-26(31)25-14-8-7-13-22(25)18-24(30)19-29-27(32)23(17-21-11-5-2-6-12-21)16-15-20-9-3-1-4-10-20/h2,5-6,11-12,20,22-23,25H,1,3-4,7-10,13-19H2,(H2,28,31)(H,29,32)/t22-,23?,25+/m0/s1. The minimum Gasteiger partial charge on any atom is -0.369 e. The Balaban J connectivity index is 1.52. The summed E-state index contributed by atoms with van der Waals surface area (Å²) in [5.41, 5.74) is 6.70. The van der Waals surface area contributed by atoms with Gasteiger partial charge in [0, 0.05) is 18.3 Å². The van der Waals surface area contributed by atoms with Gasteiger partial charge in [-0.25, -0.2) is 0 Å². The molecular weight excluding hydrogens is 400 g/mol. The van der Waals surface area contributed by atoms with Gasteiger partial charge in [0.15, 0.2) is 5.78 Å². The number of carbonyl (C=O) groups excluding carboxylic acids is 3. The van der Waals surface area contributed by atoms with Crippen molar-refractivity contribution in [2.45, 2.75) is 83.5 Å². The average molecular weight is 441 g/mol. The Hall–Kier alpha value is -2.17. The zero-order valence-electron chi connectivity index (χ0n) is 19.4. The van der Waals surface area contributed by atoms with Crippen LogP contribution in [0.25, 0.3) is 0 Å². The molecule has 0 aromatic heterocycles. The lowest BCUT2D eigenvalue weighted by Gasteiger charge is -2.28. The molecule has 3 N–H and O–H groups in total. The normalized spacial score (nSPS) is 22.8. The zero-order valence-corrected chi connectivity index (χ0v) is 19.4. The van der Waals surface area contributed by atoms with E-state index in [1.54, 1.807) is 0 Å². The molecule has 0 radical (unpaired) electrons. The molecule has 2 amide bonds. The Kier molecular flexibility index (Phi) is 9.76. The Labute approximate surface area is 192 Å². The number of benzene rings is 1. The molecule has 2 aliphatic carbocycles. The summed E-state index contributed by atoms with van der Waals surface area (Å²) >= 11 is 0. The van der Waals surface area contributed by atoms with Crippen molar-refractivity contribution in [3.8, 4) is 0 Å². The van der Waals surface area contributed by atoms with E-state index in [1.807, 2.05) is 18.2 Å². The molecule has 0 bridgehead atoms. The lowest BCUT2D eigenvalue weighted by atomic mass is 9.76. The van der Waals surface area contributed by atoms with Gasteiger partial charge < -0.3 is 11.1 Å². The van der Waals surface area contributed by atoms with Crippen molar-refractivity contribution in [1.82, 2.24) is 5.32 Å². The Morgan fingerprint density at radius 1 is 0.938 bits per heavy atom. The van der Waals surface area contributed by atoms with Gasteiger partial charge in [0.2, 0.25) is 11.8 Å². The van der Waals surface area contributed by atoms with E-state index in [0.717, 1.165) is 50.0 Å². The quantitative estimate of drug-likeness (QED) is 0.528. The van der Waals surface area contributed by atoms with E-state index in [-0.39, 0.29) is 41.9 Å². The Morgan fingerprint density at radius 2 is 1.62 bits per heavy atom. The van der Waals surface area contributed by atoms with Crippen molar-refractivity contribution >= 4 is 17.6 Å². The molecule has 1 unspecified atom stereocenters. The smallest absolute Gasteiger partial charge is 0.223 e. The highest BCUT2D eigenvalue weighted by molar-refractivity contribution is 5.87. The van der Waals surface area contributed by atoms with Crippen molar-refractivity contribution in [1.29, 1.82) is 0 Å². The van der Waals surface area contributed by atoms with Crippen molar-refractivity contribution < 1.29 is 14.4 Å². The van der Waals surface area contributed by atoms with Gasteiger partial charge in [-0.2, -0.15) is 0 Å². The number of nitrogens with one attached hydrogen (secondary N) is 1. The fourth-order valence-corrected chi connectivity index (χ4v) is 5.66. The first-order valence-electron chi connectivity index (χ1n) is 12.7. The number of nitrogens with two attached hydrogens (primary N) is 1. The molecule has 5 heteroatoms. The average Bonchev–Trinajstić information content (AvgIpc) is 2.81. The van der Waals surface area contributed by atoms with Gasteiger partial charge in [-0.3, -0.25) is 14.4 Å². The van der Waals surface area contributed by atoms with E-state index < -0.39 is 0 Å². The van der Waals surface area contributed by atoms with Gasteiger partial charge >= 0.3 is 0 Å². The summed E-state index contributed by atoms with van der Waals surface area (Å²) in [4.78, 5) is 37.4. The molecule has 5 nitrogen and oxygen atoms in total. The second kappa shape index (κ2) is 12.8. The third-order valence-corrected chi connectivity index (χ3v) is 7.57. The van der Waals surface area contributed by atoms with Crippen LogP contribution in [0.2, 0.25) is 0 Å². The molecule has 2 aliphatic rings. The minimum atomic E-state index is -0.294. The number of ketones is 1. The van der Waals surface area contributed by atoms with Crippen molar-refractivity contribution in [2.75, 3.05) is 6.54 Å². The minimum absolute atomic E-state index is 0.00208. The molecule has 3 atom stereocenters. The molecule has 0 heterocycles. The molecule has 176 valence electrons. The molecule has 0 spiro atoms. The predicted molar refractivity (Wildman–Crippen MR) is 127 cm³/mol. The van der Waals surface area contributed by atoms with E-state index in [1.165, 1.54) is 32.1 Å². The number of hydrogen-bond acceptors (Lipinski definition) is 3. The molecule has 2 saturated carbocycles. The Bertz CT molecular complexity index is 743. The predicted octanol–water partition coefficient (Wildman–Crippen LogP) is 4.57. The summed E-state index contributed by atoms with van der Waals surface area (Å²) in [7, 11) is 0. The van der Waals surface area contributed by atoms with Crippen LogP contribution in [0.1, 0.15) is 82.6 Å². The fourth-order valence-electron chi connectivity index (χ4n) is 5.66. The highest BCUT2D eigenvalue weighted by Crippen LogP contribution is 2.32. The lowest BCUT2D eigenvalue weighted by Crippen LogP contribution is -2.38. The van der Waals surface area contributed by atoms with Gasteiger partial charge in [-0.05, 0) is 49.5 Å². The number of Topliss-reactive ketones (excluding diaryl/α,β-unsaturated/α-hetero) is 1. The second-order valence-electron chi connectivity index (χ2n) is 9.98. The first kappa shape index (κ1) is 24.5. The van der Waals surface area contributed by atoms with Crippen LogP contribution < -0.4 is 11.1 Å².